The predicted molar refractivity (Wildman–Crippen MR) is 109 cm³/mol. The molecule has 0 aliphatic heterocycles. The second-order valence-electron chi connectivity index (χ2n) is 6.99. The Morgan fingerprint density at radius 2 is 1.90 bits per heavy atom. The number of nitrogens with one attached hydrogen (secondary N) is 1. The number of aryl methyl sites for hydroxylation is 2. The molecule has 1 heterocycles. The lowest BCUT2D eigenvalue weighted by molar-refractivity contribution is -0.123. The third-order valence-electron chi connectivity index (χ3n) is 4.91. The number of halogens is 1. The molecule has 0 unspecified atom stereocenters. The second-order valence-corrected chi connectivity index (χ2v) is 7.43. The first kappa shape index (κ1) is 19.2. The SMILES string of the molecule is C[C@H](OC(=O)c1cc(=O)c2cc(Cl)ccc2o1)C(=O)Nc1ccc2c(c1)CCC2. The van der Waals surface area contributed by atoms with Crippen LogP contribution in [-0.4, -0.2) is 18.0 Å². The Morgan fingerprint density at radius 3 is 2.72 bits per heavy atom. The predicted octanol–water partition coefficient (Wildman–Crippen LogP) is 4.12. The van der Waals surface area contributed by atoms with Gasteiger partial charge in [0.25, 0.3) is 5.91 Å². The molecule has 6 nitrogen and oxygen atoms in total. The molecular formula is C22H18ClNO5. The summed E-state index contributed by atoms with van der Waals surface area (Å²) in [4.78, 5) is 37.0. The average Bonchev–Trinajstić information content (AvgIpc) is 3.16. The van der Waals surface area contributed by atoms with Crippen molar-refractivity contribution in [1.29, 1.82) is 0 Å². The van der Waals surface area contributed by atoms with E-state index in [1.165, 1.54) is 30.2 Å². The van der Waals surface area contributed by atoms with Crippen LogP contribution < -0.4 is 10.7 Å². The Balaban J connectivity index is 1.46. The molecule has 3 aromatic rings. The van der Waals surface area contributed by atoms with Crippen LogP contribution in [0.25, 0.3) is 11.0 Å². The lowest BCUT2D eigenvalue weighted by atomic mass is 10.1. The van der Waals surface area contributed by atoms with E-state index in [0.717, 1.165) is 25.3 Å². The molecule has 0 saturated carbocycles. The van der Waals surface area contributed by atoms with Crippen molar-refractivity contribution in [2.75, 3.05) is 5.32 Å². The zero-order chi connectivity index (χ0) is 20.5. The van der Waals surface area contributed by atoms with Crippen molar-refractivity contribution in [1.82, 2.24) is 0 Å². The number of hydrogen-bond donors (Lipinski definition) is 1. The van der Waals surface area contributed by atoms with Crippen LogP contribution in [0, 0.1) is 0 Å². The Hall–Kier alpha value is -3.12. The van der Waals surface area contributed by atoms with Crippen molar-refractivity contribution in [3.8, 4) is 0 Å². The molecule has 29 heavy (non-hydrogen) atoms. The first-order valence-electron chi connectivity index (χ1n) is 9.28. The largest absolute Gasteiger partial charge is 0.449 e. The number of esters is 1. The van der Waals surface area contributed by atoms with E-state index in [4.69, 9.17) is 20.8 Å². The maximum Gasteiger partial charge on any atom is 0.375 e. The Morgan fingerprint density at radius 1 is 1.10 bits per heavy atom. The number of benzene rings is 2. The monoisotopic (exact) mass is 411 g/mol. The Kier molecular flexibility index (Phi) is 5.11. The lowest BCUT2D eigenvalue weighted by Crippen LogP contribution is -2.30. The minimum absolute atomic E-state index is 0.212. The summed E-state index contributed by atoms with van der Waals surface area (Å²) in [6, 6.07) is 11.3. The summed E-state index contributed by atoms with van der Waals surface area (Å²) in [7, 11) is 0. The van der Waals surface area contributed by atoms with Crippen LogP contribution in [0.15, 0.2) is 51.7 Å². The van der Waals surface area contributed by atoms with Crippen molar-refractivity contribution in [2.24, 2.45) is 0 Å². The quantitative estimate of drug-likeness (QED) is 0.653. The molecule has 1 atom stereocenters. The van der Waals surface area contributed by atoms with Gasteiger partial charge in [-0.3, -0.25) is 9.59 Å². The highest BCUT2D eigenvalue weighted by Crippen LogP contribution is 2.25. The normalized spacial score (nSPS) is 13.7. The van der Waals surface area contributed by atoms with Gasteiger partial charge < -0.3 is 14.5 Å². The first-order valence-corrected chi connectivity index (χ1v) is 9.65. The highest BCUT2D eigenvalue weighted by Gasteiger charge is 2.22. The number of carbonyl (C=O) groups excluding carboxylic acids is 2. The van der Waals surface area contributed by atoms with Crippen LogP contribution in [0.2, 0.25) is 5.02 Å². The standard InChI is InChI=1S/C22H18ClNO5/c1-12(21(26)24-16-7-5-13-3-2-4-14(13)9-16)28-22(27)20-11-18(25)17-10-15(23)6-8-19(17)29-20/h5-12H,2-4H2,1H3,(H,24,26)/t12-/m0/s1. The van der Waals surface area contributed by atoms with Gasteiger partial charge in [-0.05, 0) is 67.6 Å². The molecule has 0 bridgehead atoms. The number of amides is 1. The minimum Gasteiger partial charge on any atom is -0.449 e. The summed E-state index contributed by atoms with van der Waals surface area (Å²) < 4.78 is 10.6. The first-order chi connectivity index (χ1) is 13.9. The van der Waals surface area contributed by atoms with E-state index in [1.807, 2.05) is 18.2 Å². The summed E-state index contributed by atoms with van der Waals surface area (Å²) in [6.07, 6.45) is 2.10. The number of anilines is 1. The van der Waals surface area contributed by atoms with Gasteiger partial charge in [-0.1, -0.05) is 17.7 Å². The van der Waals surface area contributed by atoms with Gasteiger partial charge in [0.15, 0.2) is 11.5 Å². The van der Waals surface area contributed by atoms with Crippen molar-refractivity contribution < 1.29 is 18.7 Å². The molecule has 1 aliphatic rings. The zero-order valence-corrected chi connectivity index (χ0v) is 16.4. The maximum absolute atomic E-state index is 12.4. The molecular weight excluding hydrogens is 394 g/mol. The topological polar surface area (TPSA) is 85.6 Å². The molecule has 1 aromatic heterocycles. The fraction of sp³-hybridized carbons (Fsp3) is 0.227. The smallest absolute Gasteiger partial charge is 0.375 e. The third-order valence-corrected chi connectivity index (χ3v) is 5.14. The molecule has 1 aliphatic carbocycles. The van der Waals surface area contributed by atoms with Crippen molar-refractivity contribution in [2.45, 2.75) is 32.3 Å². The summed E-state index contributed by atoms with van der Waals surface area (Å²) >= 11 is 5.88. The van der Waals surface area contributed by atoms with E-state index in [0.29, 0.717) is 10.7 Å². The average molecular weight is 412 g/mol. The maximum atomic E-state index is 12.4. The van der Waals surface area contributed by atoms with Gasteiger partial charge in [-0.25, -0.2) is 4.79 Å². The minimum atomic E-state index is -1.07. The zero-order valence-electron chi connectivity index (χ0n) is 15.7. The number of rotatable bonds is 4. The summed E-state index contributed by atoms with van der Waals surface area (Å²) in [6.45, 7) is 1.46. The van der Waals surface area contributed by atoms with Gasteiger partial charge in [0.05, 0.1) is 5.39 Å². The van der Waals surface area contributed by atoms with E-state index in [1.54, 1.807) is 6.07 Å². The Labute approximate surface area is 171 Å². The van der Waals surface area contributed by atoms with Crippen LogP contribution in [0.3, 0.4) is 0 Å². The molecule has 148 valence electrons. The molecule has 4 rings (SSSR count). The molecule has 0 saturated heterocycles. The van der Waals surface area contributed by atoms with Crippen LogP contribution in [0.4, 0.5) is 5.69 Å². The number of fused-ring (bicyclic) bond motifs is 2. The van der Waals surface area contributed by atoms with Gasteiger partial charge in [0.1, 0.15) is 5.58 Å². The summed E-state index contributed by atoms with van der Waals surface area (Å²) in [5.41, 5.74) is 2.98. The number of carbonyl (C=O) groups is 2. The van der Waals surface area contributed by atoms with Crippen molar-refractivity contribution in [3.05, 3.63) is 74.6 Å². The van der Waals surface area contributed by atoms with Gasteiger partial charge >= 0.3 is 5.97 Å². The third kappa shape index (κ3) is 4.03. The summed E-state index contributed by atoms with van der Waals surface area (Å²) in [5.74, 6) is -1.64. The molecule has 1 amide bonds. The Bertz CT molecular complexity index is 1180. The molecule has 7 heteroatoms. The van der Waals surface area contributed by atoms with Crippen LogP contribution in [-0.2, 0) is 22.4 Å². The van der Waals surface area contributed by atoms with Crippen molar-refractivity contribution >= 4 is 40.1 Å². The molecule has 2 aromatic carbocycles. The van der Waals surface area contributed by atoms with Gasteiger partial charge in [-0.15, -0.1) is 0 Å². The van der Waals surface area contributed by atoms with Crippen LogP contribution in [0.5, 0.6) is 0 Å². The molecule has 1 N–H and O–H groups in total. The summed E-state index contributed by atoms with van der Waals surface area (Å²) in [5, 5.41) is 3.40. The van der Waals surface area contributed by atoms with Gasteiger partial charge in [0, 0.05) is 16.8 Å². The molecule has 0 spiro atoms. The number of ether oxygens (including phenoxy) is 1. The van der Waals surface area contributed by atoms with Gasteiger partial charge in [-0.2, -0.15) is 0 Å². The van der Waals surface area contributed by atoms with Crippen LogP contribution in [0.1, 0.15) is 35.0 Å². The van der Waals surface area contributed by atoms with E-state index in [2.05, 4.69) is 5.32 Å². The highest BCUT2D eigenvalue weighted by molar-refractivity contribution is 6.31. The fourth-order valence-corrected chi connectivity index (χ4v) is 3.57. The lowest BCUT2D eigenvalue weighted by Gasteiger charge is -2.14. The fourth-order valence-electron chi connectivity index (χ4n) is 3.39. The number of hydrogen-bond acceptors (Lipinski definition) is 5. The van der Waals surface area contributed by atoms with E-state index >= 15 is 0 Å². The van der Waals surface area contributed by atoms with Gasteiger partial charge in [0.2, 0.25) is 5.76 Å². The second kappa shape index (κ2) is 7.72. The van der Waals surface area contributed by atoms with Crippen molar-refractivity contribution in [3.63, 3.8) is 0 Å². The van der Waals surface area contributed by atoms with E-state index in [-0.39, 0.29) is 16.7 Å². The van der Waals surface area contributed by atoms with Crippen LogP contribution >= 0.6 is 11.6 Å². The molecule has 0 fully saturated rings. The van der Waals surface area contributed by atoms with E-state index < -0.39 is 23.4 Å². The van der Waals surface area contributed by atoms with E-state index in [9.17, 15) is 14.4 Å². The molecule has 0 radical (unpaired) electrons. The highest BCUT2D eigenvalue weighted by atomic mass is 35.5.